The molecule has 1 aromatic carbocycles. The van der Waals surface area contributed by atoms with Gasteiger partial charge < -0.3 is 10.8 Å². The van der Waals surface area contributed by atoms with Crippen LogP contribution in [0.15, 0.2) is 24.8 Å². The first-order valence-corrected chi connectivity index (χ1v) is 4.98. The summed E-state index contributed by atoms with van der Waals surface area (Å²) in [6.07, 6.45) is 3.02. The van der Waals surface area contributed by atoms with Crippen molar-refractivity contribution in [2.45, 2.75) is 18.9 Å². The Balaban J connectivity index is 0.00000225. The first-order valence-electron chi connectivity index (χ1n) is 4.60. The van der Waals surface area contributed by atoms with Gasteiger partial charge in [0.2, 0.25) is 0 Å². The van der Waals surface area contributed by atoms with Gasteiger partial charge in [-0.1, -0.05) is 17.7 Å². The number of aromatic hydroxyl groups is 1. The van der Waals surface area contributed by atoms with E-state index in [0.717, 1.165) is 6.07 Å². The molecular weight excluding hydrogens is 252 g/mol. The molecule has 2 nitrogen and oxygen atoms in total. The summed E-state index contributed by atoms with van der Waals surface area (Å²) in [6, 6.07) is 1.83. The molecule has 0 unspecified atom stereocenters. The van der Waals surface area contributed by atoms with E-state index in [2.05, 4.69) is 6.58 Å². The third kappa shape index (κ3) is 3.67. The van der Waals surface area contributed by atoms with Crippen molar-refractivity contribution >= 4 is 24.0 Å². The second-order valence-electron chi connectivity index (χ2n) is 3.30. The van der Waals surface area contributed by atoms with Gasteiger partial charge in [0.05, 0.1) is 5.02 Å². The van der Waals surface area contributed by atoms with Crippen molar-refractivity contribution in [3.05, 3.63) is 41.2 Å². The molecule has 0 bridgehead atoms. The molecule has 0 radical (unpaired) electrons. The Bertz CT molecular complexity index is 371. The quantitative estimate of drug-likeness (QED) is 0.818. The van der Waals surface area contributed by atoms with E-state index in [1.54, 1.807) is 6.08 Å². The first-order chi connectivity index (χ1) is 7.06. The molecule has 0 aliphatic heterocycles. The predicted molar refractivity (Wildman–Crippen MR) is 66.7 cm³/mol. The molecule has 5 heteroatoms. The highest BCUT2D eigenvalue weighted by Crippen LogP contribution is 2.33. The monoisotopic (exact) mass is 265 g/mol. The number of hydrogen-bond acceptors (Lipinski definition) is 2. The molecule has 0 aliphatic rings. The number of benzene rings is 1. The van der Waals surface area contributed by atoms with Crippen molar-refractivity contribution in [2.24, 2.45) is 5.73 Å². The van der Waals surface area contributed by atoms with E-state index in [1.807, 2.05) is 0 Å². The van der Waals surface area contributed by atoms with Gasteiger partial charge in [0, 0.05) is 11.6 Å². The average molecular weight is 266 g/mol. The van der Waals surface area contributed by atoms with E-state index in [4.69, 9.17) is 17.3 Å². The molecule has 0 aromatic heterocycles. The highest BCUT2D eigenvalue weighted by Gasteiger charge is 2.14. The lowest BCUT2D eigenvalue weighted by molar-refractivity contribution is 0.456. The summed E-state index contributed by atoms with van der Waals surface area (Å²) in [4.78, 5) is 0. The fourth-order valence-electron chi connectivity index (χ4n) is 1.32. The van der Waals surface area contributed by atoms with Crippen molar-refractivity contribution in [3.8, 4) is 5.75 Å². The molecule has 0 aliphatic carbocycles. The lowest BCUT2D eigenvalue weighted by Gasteiger charge is -2.13. The number of allylic oxidation sites excluding steroid dienone is 1. The zero-order chi connectivity index (χ0) is 11.4. The highest BCUT2D eigenvalue weighted by molar-refractivity contribution is 6.32. The Labute approximate surface area is 105 Å². The molecule has 0 heterocycles. The minimum absolute atomic E-state index is 0. The Morgan fingerprint density at radius 1 is 1.56 bits per heavy atom. The zero-order valence-electron chi connectivity index (χ0n) is 8.62. The average Bonchev–Trinajstić information content (AvgIpc) is 2.19. The lowest BCUT2D eigenvalue weighted by atomic mass is 10.0. The van der Waals surface area contributed by atoms with Crippen LogP contribution in [0.5, 0.6) is 5.75 Å². The van der Waals surface area contributed by atoms with Crippen LogP contribution in [-0.2, 0) is 0 Å². The van der Waals surface area contributed by atoms with Gasteiger partial charge in [0.1, 0.15) is 11.6 Å². The molecule has 1 atom stereocenters. The normalized spacial score (nSPS) is 11.7. The molecule has 1 aromatic rings. The standard InChI is InChI=1S/C11H13ClFNO.ClH/c1-2-3-4-10(14)8-5-7(13)6-9(12)11(8)15;/h2,5-6,10,15H,1,3-4,14H2;1H/t10-;/m1./s1. The van der Waals surface area contributed by atoms with Gasteiger partial charge in [-0.3, -0.25) is 0 Å². The molecular formula is C11H14Cl2FNO. The van der Waals surface area contributed by atoms with Crippen LogP contribution < -0.4 is 5.73 Å². The summed E-state index contributed by atoms with van der Waals surface area (Å²) in [7, 11) is 0. The van der Waals surface area contributed by atoms with Crippen molar-refractivity contribution in [2.75, 3.05) is 0 Å². The van der Waals surface area contributed by atoms with E-state index in [9.17, 15) is 9.50 Å². The summed E-state index contributed by atoms with van der Waals surface area (Å²) in [5, 5.41) is 9.57. The largest absolute Gasteiger partial charge is 0.506 e. The van der Waals surface area contributed by atoms with Crippen LogP contribution >= 0.6 is 24.0 Å². The number of nitrogens with two attached hydrogens (primary N) is 1. The van der Waals surface area contributed by atoms with Crippen molar-refractivity contribution in [1.82, 2.24) is 0 Å². The van der Waals surface area contributed by atoms with Crippen molar-refractivity contribution < 1.29 is 9.50 Å². The topological polar surface area (TPSA) is 46.2 Å². The van der Waals surface area contributed by atoms with Crippen LogP contribution in [0.1, 0.15) is 24.4 Å². The van der Waals surface area contributed by atoms with Gasteiger partial charge in [-0.15, -0.1) is 19.0 Å². The maximum Gasteiger partial charge on any atom is 0.139 e. The molecule has 0 fully saturated rings. The molecule has 0 amide bonds. The van der Waals surface area contributed by atoms with Crippen molar-refractivity contribution in [3.63, 3.8) is 0 Å². The molecule has 0 saturated heterocycles. The third-order valence-electron chi connectivity index (χ3n) is 2.14. The van der Waals surface area contributed by atoms with Crippen LogP contribution in [0, 0.1) is 5.82 Å². The van der Waals surface area contributed by atoms with E-state index < -0.39 is 11.9 Å². The number of hydrogen-bond donors (Lipinski definition) is 2. The Morgan fingerprint density at radius 2 is 2.19 bits per heavy atom. The molecule has 16 heavy (non-hydrogen) atoms. The molecule has 0 saturated carbocycles. The van der Waals surface area contributed by atoms with Gasteiger partial charge in [-0.2, -0.15) is 0 Å². The molecule has 0 spiro atoms. The van der Waals surface area contributed by atoms with Crippen LogP contribution in [0.3, 0.4) is 0 Å². The van der Waals surface area contributed by atoms with E-state index in [-0.39, 0.29) is 23.2 Å². The maximum absolute atomic E-state index is 13.0. The Kier molecular flexibility index (Phi) is 6.41. The van der Waals surface area contributed by atoms with Crippen molar-refractivity contribution in [1.29, 1.82) is 0 Å². The smallest absolute Gasteiger partial charge is 0.139 e. The fraction of sp³-hybridized carbons (Fsp3) is 0.273. The fourth-order valence-corrected chi connectivity index (χ4v) is 1.53. The zero-order valence-corrected chi connectivity index (χ0v) is 10.2. The highest BCUT2D eigenvalue weighted by atomic mass is 35.5. The molecule has 1 rings (SSSR count). The minimum atomic E-state index is -0.498. The summed E-state index contributed by atoms with van der Waals surface area (Å²) >= 11 is 5.63. The predicted octanol–water partition coefficient (Wildman–Crippen LogP) is 3.57. The van der Waals surface area contributed by atoms with Gasteiger partial charge in [-0.05, 0) is 25.0 Å². The molecule has 90 valence electrons. The van der Waals surface area contributed by atoms with Gasteiger partial charge >= 0.3 is 0 Å². The number of rotatable bonds is 4. The van der Waals surface area contributed by atoms with E-state index in [1.165, 1.54) is 6.07 Å². The van der Waals surface area contributed by atoms with Gasteiger partial charge in [0.15, 0.2) is 0 Å². The maximum atomic E-state index is 13.0. The summed E-state index contributed by atoms with van der Waals surface area (Å²) in [6.45, 7) is 3.57. The van der Waals surface area contributed by atoms with Crippen LogP contribution in [-0.4, -0.2) is 5.11 Å². The lowest BCUT2D eigenvalue weighted by Crippen LogP contribution is -2.10. The second kappa shape index (κ2) is 6.74. The van der Waals surface area contributed by atoms with Gasteiger partial charge in [-0.25, -0.2) is 4.39 Å². The third-order valence-corrected chi connectivity index (χ3v) is 2.43. The minimum Gasteiger partial charge on any atom is -0.506 e. The summed E-state index contributed by atoms with van der Waals surface area (Å²) < 4.78 is 13.0. The number of halogens is 3. The first kappa shape index (κ1) is 15.2. The SMILES string of the molecule is C=CCC[C@@H](N)c1cc(F)cc(Cl)c1O.Cl. The van der Waals surface area contributed by atoms with Gasteiger partial charge in [0.25, 0.3) is 0 Å². The Hall–Kier alpha value is -0.770. The summed E-state index contributed by atoms with van der Waals surface area (Å²) in [5.41, 5.74) is 6.12. The van der Waals surface area contributed by atoms with E-state index >= 15 is 0 Å². The number of phenols is 1. The van der Waals surface area contributed by atoms with Crippen LogP contribution in [0.25, 0.3) is 0 Å². The Morgan fingerprint density at radius 3 is 2.75 bits per heavy atom. The molecule has 3 N–H and O–H groups in total. The van der Waals surface area contributed by atoms with E-state index in [0.29, 0.717) is 18.4 Å². The second-order valence-corrected chi connectivity index (χ2v) is 3.71. The van der Waals surface area contributed by atoms with Crippen LogP contribution in [0.4, 0.5) is 4.39 Å². The van der Waals surface area contributed by atoms with Crippen LogP contribution in [0.2, 0.25) is 5.02 Å². The summed E-state index contributed by atoms with van der Waals surface area (Å²) in [5.74, 6) is -0.642. The number of phenolic OH excluding ortho intramolecular Hbond substituents is 1.